The number of allylic oxidation sites excluding steroid dienone is 2. The van der Waals surface area contributed by atoms with E-state index in [9.17, 15) is 27.4 Å². The third kappa shape index (κ3) is 1.76. The van der Waals surface area contributed by atoms with Crippen LogP contribution in [0.5, 0.6) is 11.8 Å². The van der Waals surface area contributed by atoms with Gasteiger partial charge in [-0.1, -0.05) is 23.8 Å². The Balaban J connectivity index is 2.04. The van der Waals surface area contributed by atoms with E-state index in [0.29, 0.717) is 17.5 Å². The van der Waals surface area contributed by atoms with E-state index in [2.05, 4.69) is 4.28 Å². The van der Waals surface area contributed by atoms with Crippen molar-refractivity contribution in [3.05, 3.63) is 23.3 Å². The fraction of sp³-hybridized carbons (Fsp3) is 0.500. The minimum Gasteiger partial charge on any atom is -0.492 e. The molecule has 0 amide bonds. The largest absolute Gasteiger partial charge is 0.492 e. The van der Waals surface area contributed by atoms with E-state index in [0.717, 1.165) is 6.92 Å². The van der Waals surface area contributed by atoms with E-state index in [1.54, 1.807) is 0 Å². The van der Waals surface area contributed by atoms with Gasteiger partial charge in [-0.3, -0.25) is 4.28 Å². The molecule has 0 aliphatic heterocycles. The smallest absolute Gasteiger partial charge is 0.393 e. The zero-order valence-corrected chi connectivity index (χ0v) is 11.8. The van der Waals surface area contributed by atoms with Gasteiger partial charge in [0.25, 0.3) is 0 Å². The van der Waals surface area contributed by atoms with Crippen molar-refractivity contribution in [3.63, 3.8) is 0 Å². The van der Waals surface area contributed by atoms with E-state index in [-0.39, 0.29) is 16.6 Å². The lowest BCUT2D eigenvalue weighted by atomic mass is 10.0. The molecular formula is C12H13F2NO5S. The van der Waals surface area contributed by atoms with Gasteiger partial charge in [-0.15, -0.1) is 0 Å². The third-order valence-electron chi connectivity index (χ3n) is 3.93. The molecule has 116 valence electrons. The molecule has 0 spiro atoms. The van der Waals surface area contributed by atoms with Gasteiger partial charge in [-0.05, 0) is 6.42 Å². The summed E-state index contributed by atoms with van der Waals surface area (Å²) in [5, 5.41) is 15.9. The molecule has 0 saturated heterocycles. The second-order valence-corrected chi connectivity index (χ2v) is 6.78. The minimum atomic E-state index is -5.32. The number of aromatic nitrogens is 1. The average Bonchev–Trinajstić information content (AvgIpc) is 3.08. The predicted octanol–water partition coefficient (Wildman–Crippen LogP) is 1.80. The van der Waals surface area contributed by atoms with Gasteiger partial charge in [0.15, 0.2) is 0 Å². The number of hydrogen-bond donors (Lipinski definition) is 2. The number of rotatable bonds is 4. The maximum Gasteiger partial charge on any atom is 0.393 e. The van der Waals surface area contributed by atoms with Gasteiger partial charge < -0.3 is 10.2 Å². The van der Waals surface area contributed by atoms with Crippen molar-refractivity contribution in [1.82, 2.24) is 4.73 Å². The van der Waals surface area contributed by atoms with Crippen LogP contribution in [0.3, 0.4) is 0 Å². The molecule has 6 nitrogen and oxygen atoms in total. The summed E-state index contributed by atoms with van der Waals surface area (Å²) in [6.45, 7) is 0.987. The number of alkyl halides is 2. The second-order valence-electron chi connectivity index (χ2n) is 5.12. The van der Waals surface area contributed by atoms with Crippen LogP contribution in [0.4, 0.5) is 8.78 Å². The Bertz CT molecular complexity index is 702. The van der Waals surface area contributed by atoms with E-state index < -0.39 is 33.6 Å². The van der Waals surface area contributed by atoms with Crippen molar-refractivity contribution in [2.45, 2.75) is 36.9 Å². The Hall–Kier alpha value is -1.77. The van der Waals surface area contributed by atoms with Gasteiger partial charge in [0.05, 0.1) is 0 Å². The first kappa shape index (κ1) is 14.2. The lowest BCUT2D eigenvalue weighted by molar-refractivity contribution is 0.0636. The summed E-state index contributed by atoms with van der Waals surface area (Å²) in [5.41, 5.74) is 0.657. The second kappa shape index (κ2) is 4.12. The van der Waals surface area contributed by atoms with E-state index >= 15 is 0 Å². The van der Waals surface area contributed by atoms with Gasteiger partial charge in [-0.25, -0.2) is 0 Å². The molecule has 1 aromatic heterocycles. The highest BCUT2D eigenvalue weighted by atomic mass is 32.2. The Kier molecular flexibility index (Phi) is 2.78. The summed E-state index contributed by atoms with van der Waals surface area (Å²) < 4.78 is 54.2. The van der Waals surface area contributed by atoms with Crippen LogP contribution < -0.4 is 4.28 Å². The molecule has 1 heterocycles. The van der Waals surface area contributed by atoms with E-state index in [4.69, 9.17) is 0 Å². The molecule has 2 atom stereocenters. The van der Waals surface area contributed by atoms with Crippen molar-refractivity contribution < 1.29 is 31.7 Å². The summed E-state index contributed by atoms with van der Waals surface area (Å²) in [6, 6.07) is 0. The molecule has 2 bridgehead atoms. The van der Waals surface area contributed by atoms with Crippen LogP contribution in [0, 0.1) is 0 Å². The molecule has 2 N–H and O–H groups in total. The fourth-order valence-corrected chi connectivity index (χ4v) is 3.62. The van der Waals surface area contributed by atoms with Gasteiger partial charge in [0.1, 0.15) is 0 Å². The zero-order chi connectivity index (χ0) is 15.6. The molecule has 21 heavy (non-hydrogen) atoms. The maximum atomic E-state index is 13.3. The lowest BCUT2D eigenvalue weighted by Gasteiger charge is -2.16. The van der Waals surface area contributed by atoms with Crippen LogP contribution in [-0.4, -0.2) is 28.6 Å². The minimum absolute atomic E-state index is 0.162. The fourth-order valence-electron chi connectivity index (χ4n) is 2.82. The van der Waals surface area contributed by atoms with Crippen molar-refractivity contribution in [2.75, 3.05) is 0 Å². The van der Waals surface area contributed by atoms with Gasteiger partial charge in [-0.2, -0.15) is 17.2 Å². The van der Waals surface area contributed by atoms with Crippen molar-refractivity contribution >= 4 is 10.1 Å². The van der Waals surface area contributed by atoms with Crippen LogP contribution in [0.15, 0.2) is 12.2 Å². The van der Waals surface area contributed by atoms with E-state index in [1.165, 1.54) is 0 Å². The van der Waals surface area contributed by atoms with Crippen LogP contribution >= 0.6 is 0 Å². The van der Waals surface area contributed by atoms with Crippen LogP contribution in [0.1, 0.15) is 42.7 Å². The average molecular weight is 321 g/mol. The Morgan fingerprint density at radius 2 is 1.76 bits per heavy atom. The molecule has 0 fully saturated rings. The normalized spacial score (nSPS) is 23.6. The quantitative estimate of drug-likeness (QED) is 0.826. The maximum absolute atomic E-state index is 13.3. The van der Waals surface area contributed by atoms with Crippen molar-refractivity contribution in [3.8, 4) is 11.8 Å². The van der Waals surface area contributed by atoms with Crippen molar-refractivity contribution in [1.29, 1.82) is 0 Å². The lowest BCUT2D eigenvalue weighted by Crippen LogP contribution is -2.36. The molecular weight excluding hydrogens is 308 g/mol. The number of hydrogen-bond acceptors (Lipinski definition) is 5. The molecule has 1 aromatic rings. The SMILES string of the molecule is CCC(F)(F)S(=O)(=O)On1c(O)c2c(c1O)C1C=CC2C1. The molecule has 0 radical (unpaired) electrons. The summed E-state index contributed by atoms with van der Waals surface area (Å²) in [5.74, 6) is -1.66. The summed E-state index contributed by atoms with van der Waals surface area (Å²) in [7, 11) is -5.32. The Morgan fingerprint density at radius 3 is 2.19 bits per heavy atom. The first-order chi connectivity index (χ1) is 9.69. The van der Waals surface area contributed by atoms with Crippen LogP contribution in [0.2, 0.25) is 0 Å². The molecule has 9 heteroatoms. The Morgan fingerprint density at radius 1 is 1.29 bits per heavy atom. The van der Waals surface area contributed by atoms with Crippen LogP contribution in [0.25, 0.3) is 0 Å². The van der Waals surface area contributed by atoms with Crippen LogP contribution in [-0.2, 0) is 10.1 Å². The Labute approximate surface area is 119 Å². The van der Waals surface area contributed by atoms with Gasteiger partial charge in [0.2, 0.25) is 11.8 Å². The first-order valence-corrected chi connectivity index (χ1v) is 7.77. The molecule has 2 aliphatic carbocycles. The number of halogens is 2. The molecule has 3 rings (SSSR count). The highest BCUT2D eigenvalue weighted by Crippen LogP contribution is 2.56. The first-order valence-electron chi connectivity index (χ1n) is 6.36. The monoisotopic (exact) mass is 321 g/mol. The molecule has 0 aromatic carbocycles. The summed E-state index contributed by atoms with van der Waals surface area (Å²) in [6.07, 6.45) is 3.30. The number of aromatic hydroxyl groups is 2. The highest BCUT2D eigenvalue weighted by Gasteiger charge is 2.48. The van der Waals surface area contributed by atoms with E-state index in [1.807, 2.05) is 12.2 Å². The summed E-state index contributed by atoms with van der Waals surface area (Å²) >= 11 is 0. The zero-order valence-electron chi connectivity index (χ0n) is 11.0. The standard InChI is InChI=1S/C12H13F2NO5S/c1-2-12(13,14)21(18,19)20-15-10(16)8-6-3-4-7(5-6)9(8)11(15)17/h3-4,6-7,16-17H,2,5H2,1H3. The third-order valence-corrected chi connectivity index (χ3v) is 5.30. The number of nitrogens with zero attached hydrogens (tertiary/aromatic N) is 1. The predicted molar refractivity (Wildman–Crippen MR) is 67.7 cm³/mol. The summed E-state index contributed by atoms with van der Waals surface area (Å²) in [4.78, 5) is 0. The van der Waals surface area contributed by atoms with Crippen molar-refractivity contribution in [2.24, 2.45) is 0 Å². The van der Waals surface area contributed by atoms with Gasteiger partial charge >= 0.3 is 15.4 Å². The highest BCUT2D eigenvalue weighted by molar-refractivity contribution is 7.88. The number of fused-ring (bicyclic) bond motifs is 5. The topological polar surface area (TPSA) is 88.8 Å². The molecule has 2 aliphatic rings. The van der Waals surface area contributed by atoms with Gasteiger partial charge in [0, 0.05) is 29.4 Å². The molecule has 2 unspecified atom stereocenters. The molecule has 0 saturated carbocycles.